The van der Waals surface area contributed by atoms with E-state index in [0.717, 1.165) is 26.1 Å². The maximum Gasteiger partial charge on any atom is 0.269 e. The summed E-state index contributed by atoms with van der Waals surface area (Å²) in [5.41, 5.74) is 0.549. The number of fused-ring (bicyclic) bond motifs is 1. The van der Waals surface area contributed by atoms with Gasteiger partial charge in [0.2, 0.25) is 0 Å². The van der Waals surface area contributed by atoms with E-state index in [0.29, 0.717) is 17.4 Å². The molecule has 3 rings (SSSR count). The Morgan fingerprint density at radius 3 is 2.71 bits per heavy atom. The molecule has 1 amide bonds. The molecule has 112 valence electrons. The number of amides is 1. The molecule has 2 saturated heterocycles. The highest BCUT2D eigenvalue weighted by Crippen LogP contribution is 2.35. The van der Waals surface area contributed by atoms with Crippen LogP contribution in [0.4, 0.5) is 5.69 Å². The van der Waals surface area contributed by atoms with E-state index in [-0.39, 0.29) is 17.6 Å². The highest BCUT2D eigenvalue weighted by Gasteiger charge is 2.45. The second-order valence-corrected chi connectivity index (χ2v) is 5.82. The number of hydrogen-bond acceptors (Lipinski definition) is 4. The second-order valence-electron chi connectivity index (χ2n) is 5.82. The molecule has 0 spiro atoms. The largest absolute Gasteiger partial charge is 0.335 e. The van der Waals surface area contributed by atoms with E-state index >= 15 is 0 Å². The van der Waals surface area contributed by atoms with Crippen molar-refractivity contribution in [2.75, 3.05) is 19.6 Å². The molecule has 0 saturated carbocycles. The molecule has 0 bridgehead atoms. The van der Waals surface area contributed by atoms with Crippen LogP contribution in [0.5, 0.6) is 0 Å². The third-order valence-corrected chi connectivity index (χ3v) is 4.72. The van der Waals surface area contributed by atoms with Gasteiger partial charge in [0.15, 0.2) is 0 Å². The first kappa shape index (κ1) is 14.0. The van der Waals surface area contributed by atoms with Gasteiger partial charge in [0.1, 0.15) is 0 Å². The van der Waals surface area contributed by atoms with Crippen LogP contribution < -0.4 is 5.32 Å². The number of likely N-dealkylation sites (tertiary alicyclic amines) is 1. The quantitative estimate of drug-likeness (QED) is 0.678. The number of nitrogens with one attached hydrogen (secondary N) is 1. The first-order chi connectivity index (χ1) is 10.1. The summed E-state index contributed by atoms with van der Waals surface area (Å²) in [6.07, 6.45) is 0.946. The number of rotatable bonds is 3. The lowest BCUT2D eigenvalue weighted by Crippen LogP contribution is -2.39. The van der Waals surface area contributed by atoms with E-state index in [9.17, 15) is 14.9 Å². The van der Waals surface area contributed by atoms with Gasteiger partial charge >= 0.3 is 0 Å². The lowest BCUT2D eigenvalue weighted by atomic mass is 9.93. The summed E-state index contributed by atoms with van der Waals surface area (Å²) in [6.45, 7) is 4.85. The first-order valence-electron chi connectivity index (χ1n) is 7.38. The van der Waals surface area contributed by atoms with Crippen LogP contribution in [-0.2, 0) is 0 Å². The van der Waals surface area contributed by atoms with Crippen LogP contribution in [0.25, 0.3) is 0 Å². The van der Waals surface area contributed by atoms with Crippen LogP contribution in [0.1, 0.15) is 23.7 Å². The number of nitrogens with zero attached hydrogens (tertiary/aromatic N) is 2. The van der Waals surface area contributed by atoms with Gasteiger partial charge < -0.3 is 10.2 Å². The van der Waals surface area contributed by atoms with E-state index in [1.165, 1.54) is 12.1 Å². The maximum atomic E-state index is 12.7. The molecule has 1 aromatic carbocycles. The van der Waals surface area contributed by atoms with Crippen molar-refractivity contribution in [1.82, 2.24) is 10.2 Å². The molecular formula is C15H19N3O3. The number of carbonyl (C=O) groups is 1. The van der Waals surface area contributed by atoms with Crippen molar-refractivity contribution in [2.45, 2.75) is 19.4 Å². The Labute approximate surface area is 123 Å². The Morgan fingerprint density at radius 2 is 2.10 bits per heavy atom. The molecule has 3 atom stereocenters. The van der Waals surface area contributed by atoms with Crippen molar-refractivity contribution in [3.05, 3.63) is 39.9 Å². The molecule has 3 unspecified atom stereocenters. The van der Waals surface area contributed by atoms with Crippen molar-refractivity contribution in [2.24, 2.45) is 11.8 Å². The summed E-state index contributed by atoms with van der Waals surface area (Å²) in [7, 11) is 0. The maximum absolute atomic E-state index is 12.7. The molecule has 0 radical (unpaired) electrons. The molecule has 2 aliphatic heterocycles. The number of carbonyl (C=O) groups excluding carboxylic acids is 1. The van der Waals surface area contributed by atoms with Crippen LogP contribution in [0, 0.1) is 22.0 Å². The van der Waals surface area contributed by atoms with E-state index in [4.69, 9.17) is 0 Å². The Balaban J connectivity index is 1.79. The molecule has 6 heteroatoms. The van der Waals surface area contributed by atoms with Gasteiger partial charge in [-0.25, -0.2) is 0 Å². The predicted molar refractivity (Wildman–Crippen MR) is 78.1 cm³/mol. The lowest BCUT2D eigenvalue weighted by Gasteiger charge is -2.27. The molecule has 1 N–H and O–H groups in total. The molecule has 0 aliphatic carbocycles. The Hall–Kier alpha value is -1.95. The second kappa shape index (κ2) is 5.44. The van der Waals surface area contributed by atoms with Gasteiger partial charge in [-0.1, -0.05) is 6.92 Å². The van der Waals surface area contributed by atoms with Crippen molar-refractivity contribution in [3.8, 4) is 0 Å². The van der Waals surface area contributed by atoms with Gasteiger partial charge in [-0.15, -0.1) is 0 Å². The Bertz CT molecular complexity index is 558. The van der Waals surface area contributed by atoms with Crippen molar-refractivity contribution in [3.63, 3.8) is 0 Å². The summed E-state index contributed by atoms with van der Waals surface area (Å²) in [6, 6.07) is 6.17. The Kier molecular flexibility index (Phi) is 3.63. The van der Waals surface area contributed by atoms with Crippen LogP contribution >= 0.6 is 0 Å². The van der Waals surface area contributed by atoms with Crippen LogP contribution in [0.3, 0.4) is 0 Å². The molecule has 1 aromatic rings. The third-order valence-electron chi connectivity index (χ3n) is 4.72. The van der Waals surface area contributed by atoms with Gasteiger partial charge in [-0.2, -0.15) is 0 Å². The van der Waals surface area contributed by atoms with Crippen molar-refractivity contribution >= 4 is 11.6 Å². The fourth-order valence-electron chi connectivity index (χ4n) is 3.67. The lowest BCUT2D eigenvalue weighted by molar-refractivity contribution is -0.384. The predicted octanol–water partition coefficient (Wildman–Crippen LogP) is 1.66. The minimum atomic E-state index is -0.449. The number of nitro benzene ring substituents is 1. The highest BCUT2D eigenvalue weighted by molar-refractivity contribution is 5.94. The third kappa shape index (κ3) is 2.40. The van der Waals surface area contributed by atoms with Crippen LogP contribution in [-0.4, -0.2) is 41.4 Å². The zero-order chi connectivity index (χ0) is 15.0. The first-order valence-corrected chi connectivity index (χ1v) is 7.38. The average molecular weight is 289 g/mol. The van der Waals surface area contributed by atoms with Crippen LogP contribution in [0.15, 0.2) is 24.3 Å². The van der Waals surface area contributed by atoms with E-state index in [1.54, 1.807) is 12.1 Å². The number of non-ortho nitro benzene ring substituents is 1. The molecule has 0 aromatic heterocycles. The summed E-state index contributed by atoms with van der Waals surface area (Å²) in [5.74, 6) is 1.07. The smallest absolute Gasteiger partial charge is 0.269 e. The minimum absolute atomic E-state index is 0.00820. The van der Waals surface area contributed by atoms with Crippen molar-refractivity contribution in [1.29, 1.82) is 0 Å². The van der Waals surface area contributed by atoms with Gasteiger partial charge in [0, 0.05) is 43.4 Å². The summed E-state index contributed by atoms with van der Waals surface area (Å²) in [5, 5.41) is 14.1. The molecule has 2 fully saturated rings. The fourth-order valence-corrected chi connectivity index (χ4v) is 3.67. The van der Waals surface area contributed by atoms with Crippen molar-refractivity contribution < 1.29 is 9.72 Å². The summed E-state index contributed by atoms with van der Waals surface area (Å²) in [4.78, 5) is 24.8. The normalized spacial score (nSPS) is 27.7. The average Bonchev–Trinajstić information content (AvgIpc) is 3.06. The van der Waals surface area contributed by atoms with Gasteiger partial charge in [-0.05, 0) is 30.4 Å². The van der Waals surface area contributed by atoms with E-state index < -0.39 is 4.92 Å². The molecule has 21 heavy (non-hydrogen) atoms. The fraction of sp³-hybridized carbons (Fsp3) is 0.533. The number of benzene rings is 1. The molecular weight excluding hydrogens is 270 g/mol. The number of nitro groups is 1. The van der Waals surface area contributed by atoms with E-state index in [2.05, 4.69) is 12.2 Å². The zero-order valence-electron chi connectivity index (χ0n) is 12.0. The Morgan fingerprint density at radius 1 is 1.38 bits per heavy atom. The molecule has 6 nitrogen and oxygen atoms in total. The van der Waals surface area contributed by atoms with Gasteiger partial charge in [-0.3, -0.25) is 14.9 Å². The van der Waals surface area contributed by atoms with Gasteiger partial charge in [0.05, 0.1) is 4.92 Å². The minimum Gasteiger partial charge on any atom is -0.335 e. The molecule has 2 aliphatic rings. The van der Waals surface area contributed by atoms with E-state index in [1.807, 2.05) is 4.90 Å². The highest BCUT2D eigenvalue weighted by atomic mass is 16.6. The number of hydrogen-bond donors (Lipinski definition) is 1. The topological polar surface area (TPSA) is 75.5 Å². The molecule has 2 heterocycles. The SMILES string of the molecule is CCC1C2CNCC2CN1C(=O)c1ccc([N+](=O)[O-])cc1. The monoisotopic (exact) mass is 289 g/mol. The summed E-state index contributed by atoms with van der Waals surface area (Å²) < 4.78 is 0. The summed E-state index contributed by atoms with van der Waals surface area (Å²) >= 11 is 0. The standard InChI is InChI=1S/C15H19N3O3/c1-2-14-13-8-16-7-11(13)9-17(14)15(19)10-3-5-12(6-4-10)18(20)21/h3-6,11,13-14,16H,2,7-9H2,1H3. The van der Waals surface area contributed by atoms with Gasteiger partial charge in [0.25, 0.3) is 11.6 Å². The zero-order valence-corrected chi connectivity index (χ0v) is 12.0. The van der Waals surface area contributed by atoms with Crippen LogP contribution in [0.2, 0.25) is 0 Å².